The molecule has 0 N–H and O–H groups in total. The SMILES string of the molecule is COc1ncc(-c2cnc3c(-c4cnn(CC(F)(F)F)c4)cn(CC4CCC(F)(F)CC4)c3c2)s1. The number of fused-ring (bicyclic) bond motifs is 1. The van der Waals surface area contributed by atoms with Crippen LogP contribution in [0.4, 0.5) is 22.0 Å². The highest BCUT2D eigenvalue weighted by Gasteiger charge is 2.35. The van der Waals surface area contributed by atoms with Crippen LogP contribution in [-0.4, -0.2) is 43.5 Å². The van der Waals surface area contributed by atoms with Gasteiger partial charge in [0.25, 0.3) is 5.19 Å². The molecule has 4 aromatic rings. The normalized spacial score (nSPS) is 16.7. The van der Waals surface area contributed by atoms with Crippen molar-refractivity contribution < 1.29 is 26.7 Å². The van der Waals surface area contributed by atoms with Crippen LogP contribution in [0.5, 0.6) is 5.19 Å². The smallest absolute Gasteiger partial charge is 0.408 e. The number of rotatable bonds is 6. The van der Waals surface area contributed by atoms with Crippen LogP contribution in [0.3, 0.4) is 0 Å². The second-order valence-corrected chi connectivity index (χ2v) is 9.82. The summed E-state index contributed by atoms with van der Waals surface area (Å²) in [5, 5.41) is 4.37. The molecule has 186 valence electrons. The van der Waals surface area contributed by atoms with Crippen LogP contribution < -0.4 is 4.74 Å². The fraction of sp³-hybridized carbons (Fsp3) is 0.435. The number of alkyl halides is 5. The maximum Gasteiger partial charge on any atom is 0.408 e. The van der Waals surface area contributed by atoms with Gasteiger partial charge in [0, 0.05) is 60.9 Å². The summed E-state index contributed by atoms with van der Waals surface area (Å²) in [5.41, 5.74) is 3.34. The van der Waals surface area contributed by atoms with Gasteiger partial charge in [0.2, 0.25) is 5.92 Å². The van der Waals surface area contributed by atoms with Crippen molar-refractivity contribution >= 4 is 22.4 Å². The van der Waals surface area contributed by atoms with Crippen molar-refractivity contribution in [2.75, 3.05) is 7.11 Å². The summed E-state index contributed by atoms with van der Waals surface area (Å²) in [4.78, 5) is 9.67. The highest BCUT2D eigenvalue weighted by atomic mass is 32.1. The molecule has 0 radical (unpaired) electrons. The predicted octanol–water partition coefficient (Wildman–Crippen LogP) is 6.42. The van der Waals surface area contributed by atoms with Crippen LogP contribution in [0.15, 0.2) is 37.1 Å². The van der Waals surface area contributed by atoms with E-state index in [-0.39, 0.29) is 18.8 Å². The maximum atomic E-state index is 13.7. The van der Waals surface area contributed by atoms with Crippen LogP contribution in [0.25, 0.3) is 32.6 Å². The van der Waals surface area contributed by atoms with Crippen molar-refractivity contribution in [2.45, 2.75) is 50.9 Å². The van der Waals surface area contributed by atoms with Gasteiger partial charge in [-0.2, -0.15) is 18.3 Å². The Balaban J connectivity index is 1.53. The first-order valence-corrected chi connectivity index (χ1v) is 11.9. The van der Waals surface area contributed by atoms with Gasteiger partial charge in [-0.05, 0) is 24.8 Å². The molecule has 4 aromatic heterocycles. The van der Waals surface area contributed by atoms with E-state index in [9.17, 15) is 22.0 Å². The van der Waals surface area contributed by atoms with E-state index >= 15 is 0 Å². The Kier molecular flexibility index (Phi) is 6.02. The molecule has 6 nitrogen and oxygen atoms in total. The summed E-state index contributed by atoms with van der Waals surface area (Å²) < 4.78 is 73.8. The van der Waals surface area contributed by atoms with Crippen LogP contribution in [-0.2, 0) is 13.1 Å². The van der Waals surface area contributed by atoms with Crippen LogP contribution in [0.1, 0.15) is 25.7 Å². The van der Waals surface area contributed by atoms with Gasteiger partial charge in [-0.3, -0.25) is 9.67 Å². The maximum absolute atomic E-state index is 13.7. The molecule has 0 atom stereocenters. The third-order valence-corrected chi connectivity index (χ3v) is 7.25. The summed E-state index contributed by atoms with van der Waals surface area (Å²) in [6, 6.07) is 1.94. The van der Waals surface area contributed by atoms with Crippen molar-refractivity contribution in [1.29, 1.82) is 0 Å². The molecule has 4 heterocycles. The van der Waals surface area contributed by atoms with E-state index in [4.69, 9.17) is 4.74 Å². The van der Waals surface area contributed by atoms with E-state index in [0.717, 1.165) is 20.6 Å². The number of hydrogen-bond donors (Lipinski definition) is 0. The number of hydrogen-bond acceptors (Lipinski definition) is 5. The lowest BCUT2D eigenvalue weighted by Crippen LogP contribution is -2.26. The number of pyridine rings is 1. The molecule has 0 spiro atoms. The second-order valence-electron chi connectivity index (χ2n) is 8.82. The van der Waals surface area contributed by atoms with Gasteiger partial charge in [0.15, 0.2) is 0 Å². The summed E-state index contributed by atoms with van der Waals surface area (Å²) >= 11 is 1.36. The fourth-order valence-electron chi connectivity index (χ4n) is 4.48. The standard InChI is InChI=1S/C23H22F5N5OS/c1-34-21-30-9-19(35-21)15-6-18-20(29-7-15)17(16-8-31-33(11-16)13-23(26,27)28)12-32(18)10-14-2-4-22(24,25)5-3-14/h6-9,11-12,14H,2-5,10,13H2,1H3. The Bertz CT molecular complexity index is 1330. The number of aromatic nitrogens is 5. The van der Waals surface area contributed by atoms with Gasteiger partial charge in [-0.1, -0.05) is 11.3 Å². The summed E-state index contributed by atoms with van der Waals surface area (Å²) in [6.07, 6.45) is 4.08. The number of nitrogens with zero attached hydrogens (tertiary/aromatic N) is 5. The monoisotopic (exact) mass is 511 g/mol. The van der Waals surface area contributed by atoms with Crippen molar-refractivity contribution in [3.05, 3.63) is 37.1 Å². The number of thiazole rings is 1. The van der Waals surface area contributed by atoms with Crippen LogP contribution >= 0.6 is 11.3 Å². The van der Waals surface area contributed by atoms with Gasteiger partial charge in [0.1, 0.15) is 6.54 Å². The molecule has 0 aliphatic heterocycles. The molecule has 5 rings (SSSR count). The highest BCUT2D eigenvalue weighted by Crippen LogP contribution is 2.39. The molecule has 35 heavy (non-hydrogen) atoms. The topological polar surface area (TPSA) is 57.8 Å². The van der Waals surface area contributed by atoms with E-state index in [1.165, 1.54) is 30.8 Å². The summed E-state index contributed by atoms with van der Waals surface area (Å²) in [7, 11) is 1.54. The van der Waals surface area contributed by atoms with Crippen LogP contribution in [0.2, 0.25) is 0 Å². The first-order valence-electron chi connectivity index (χ1n) is 11.1. The van der Waals surface area contributed by atoms with Gasteiger partial charge in [-0.15, -0.1) is 0 Å². The molecule has 12 heteroatoms. The minimum absolute atomic E-state index is 0.0678. The van der Waals surface area contributed by atoms with Gasteiger partial charge < -0.3 is 9.30 Å². The Hall–Kier alpha value is -3.02. The lowest BCUT2D eigenvalue weighted by molar-refractivity contribution is -0.142. The van der Waals surface area contributed by atoms with E-state index in [1.807, 2.05) is 16.8 Å². The lowest BCUT2D eigenvalue weighted by atomic mass is 9.87. The van der Waals surface area contributed by atoms with Crippen molar-refractivity contribution in [2.24, 2.45) is 5.92 Å². The minimum atomic E-state index is -4.39. The molecule has 0 bridgehead atoms. The molecule has 0 unspecified atom stereocenters. The second kappa shape index (κ2) is 8.89. The summed E-state index contributed by atoms with van der Waals surface area (Å²) in [5.74, 6) is -2.55. The van der Waals surface area contributed by atoms with Gasteiger partial charge in [0.05, 0.1) is 29.2 Å². The molecule has 1 aliphatic carbocycles. The van der Waals surface area contributed by atoms with Gasteiger partial charge in [-0.25, -0.2) is 13.8 Å². The number of ether oxygens (including phenoxy) is 1. The van der Waals surface area contributed by atoms with Crippen molar-refractivity contribution in [1.82, 2.24) is 24.3 Å². The molecule has 0 aromatic carbocycles. The summed E-state index contributed by atoms with van der Waals surface area (Å²) in [6.45, 7) is -0.673. The lowest BCUT2D eigenvalue weighted by Gasteiger charge is -2.28. The van der Waals surface area contributed by atoms with Crippen molar-refractivity contribution in [3.63, 3.8) is 0 Å². The third-order valence-electron chi connectivity index (χ3n) is 6.24. The highest BCUT2D eigenvalue weighted by molar-refractivity contribution is 7.16. The molecule has 1 fully saturated rings. The zero-order valence-corrected chi connectivity index (χ0v) is 19.5. The van der Waals surface area contributed by atoms with Crippen LogP contribution in [0, 0.1) is 5.92 Å². The Morgan fingerprint density at radius 3 is 2.54 bits per heavy atom. The molecule has 1 saturated carbocycles. The van der Waals surface area contributed by atoms with E-state index in [2.05, 4.69) is 15.1 Å². The van der Waals surface area contributed by atoms with E-state index in [1.54, 1.807) is 12.4 Å². The Morgan fingerprint density at radius 1 is 1.09 bits per heavy atom. The zero-order valence-electron chi connectivity index (χ0n) is 18.7. The molecule has 0 saturated heterocycles. The first kappa shape index (κ1) is 23.7. The fourth-order valence-corrected chi connectivity index (χ4v) is 5.19. The number of halogens is 5. The molecular weight excluding hydrogens is 489 g/mol. The predicted molar refractivity (Wildman–Crippen MR) is 122 cm³/mol. The Labute approximate surface area is 201 Å². The van der Waals surface area contributed by atoms with E-state index in [0.29, 0.717) is 41.2 Å². The first-order chi connectivity index (χ1) is 16.6. The average Bonchev–Trinajstić information content (AvgIpc) is 3.53. The van der Waals surface area contributed by atoms with Gasteiger partial charge >= 0.3 is 6.18 Å². The molecule has 0 amide bonds. The van der Waals surface area contributed by atoms with Crippen molar-refractivity contribution in [3.8, 4) is 26.8 Å². The number of methoxy groups -OCH3 is 1. The molecule has 1 aliphatic rings. The quantitative estimate of drug-likeness (QED) is 0.280. The minimum Gasteiger partial charge on any atom is -0.473 e. The largest absolute Gasteiger partial charge is 0.473 e. The third kappa shape index (κ3) is 5.16. The Morgan fingerprint density at radius 2 is 1.86 bits per heavy atom. The van der Waals surface area contributed by atoms with E-state index < -0.39 is 18.6 Å². The molecular formula is C23H22F5N5OS. The average molecular weight is 512 g/mol. The zero-order chi connectivity index (χ0) is 24.8.